The number of aryl methyl sites for hydroxylation is 2. The van der Waals surface area contributed by atoms with Crippen molar-refractivity contribution in [3.05, 3.63) is 101 Å². The first-order chi connectivity index (χ1) is 16.5. The molecule has 0 saturated heterocycles. The normalized spacial score (nSPS) is 17.1. The van der Waals surface area contributed by atoms with E-state index in [0.29, 0.717) is 16.7 Å². The molecule has 3 aromatic rings. The van der Waals surface area contributed by atoms with Gasteiger partial charge in [-0.3, -0.25) is 9.89 Å². The van der Waals surface area contributed by atoms with Crippen molar-refractivity contribution in [3.63, 3.8) is 0 Å². The molecule has 182 valence electrons. The number of nitrogens with zero attached hydrogens (tertiary/aromatic N) is 3. The summed E-state index contributed by atoms with van der Waals surface area (Å²) < 4.78 is 87.2. The second-order valence-electron chi connectivity index (χ2n) is 8.21. The smallest absolute Gasteiger partial charge is 0.279 e. The molecule has 35 heavy (non-hydrogen) atoms. The van der Waals surface area contributed by atoms with E-state index in [1.165, 1.54) is 24.3 Å². The minimum Gasteiger partial charge on any atom is -0.279 e. The average Bonchev–Trinajstić information content (AvgIpc) is 3.15. The highest BCUT2D eigenvalue weighted by atomic mass is 19.4. The molecule has 0 N–H and O–H groups in total. The van der Waals surface area contributed by atoms with Gasteiger partial charge in [0.25, 0.3) is 0 Å². The Bertz CT molecular complexity index is 1230. The fourth-order valence-corrected chi connectivity index (χ4v) is 4.15. The molecular formula is C26H21F6N3. The van der Waals surface area contributed by atoms with E-state index in [4.69, 9.17) is 0 Å². The van der Waals surface area contributed by atoms with E-state index in [0.717, 1.165) is 4.90 Å². The van der Waals surface area contributed by atoms with Crippen LogP contribution in [-0.2, 0) is 6.54 Å². The van der Waals surface area contributed by atoms with Crippen LogP contribution in [0.3, 0.4) is 0 Å². The topological polar surface area (TPSA) is 28.0 Å². The summed E-state index contributed by atoms with van der Waals surface area (Å²) in [6, 6.07) is 20.6. The van der Waals surface area contributed by atoms with Gasteiger partial charge in [-0.15, -0.1) is 0 Å². The Morgan fingerprint density at radius 1 is 0.743 bits per heavy atom. The minimum absolute atomic E-state index is 0.109. The van der Waals surface area contributed by atoms with E-state index in [9.17, 15) is 26.3 Å². The van der Waals surface area contributed by atoms with Crippen molar-refractivity contribution in [2.24, 2.45) is 9.98 Å². The molecule has 0 radical (unpaired) electrons. The van der Waals surface area contributed by atoms with Gasteiger partial charge in [0.2, 0.25) is 0 Å². The molecule has 4 rings (SSSR count). The number of anilines is 1. The van der Waals surface area contributed by atoms with Gasteiger partial charge in [-0.25, -0.2) is 4.99 Å². The Morgan fingerprint density at radius 3 is 1.77 bits per heavy atom. The van der Waals surface area contributed by atoms with Crippen LogP contribution in [0.15, 0.2) is 88.8 Å². The SMILES string of the molecule is Cc1cccc(C)c1N1C(c2ccccc2)=NC(C(F)(F)F)(C(F)(F)F)C1=NCc1ccccc1. The van der Waals surface area contributed by atoms with Crippen LogP contribution in [0.1, 0.15) is 22.3 Å². The zero-order valence-corrected chi connectivity index (χ0v) is 18.8. The van der Waals surface area contributed by atoms with E-state index in [1.54, 1.807) is 68.4 Å². The van der Waals surface area contributed by atoms with Crippen molar-refractivity contribution in [2.75, 3.05) is 4.90 Å². The van der Waals surface area contributed by atoms with Crippen LogP contribution >= 0.6 is 0 Å². The van der Waals surface area contributed by atoms with Crippen LogP contribution in [0.5, 0.6) is 0 Å². The van der Waals surface area contributed by atoms with E-state index in [-0.39, 0.29) is 17.8 Å². The number of halogens is 6. The largest absolute Gasteiger partial charge is 0.430 e. The summed E-state index contributed by atoms with van der Waals surface area (Å²) in [6.45, 7) is 2.87. The van der Waals surface area contributed by atoms with Crippen LogP contribution in [-0.4, -0.2) is 29.6 Å². The van der Waals surface area contributed by atoms with Gasteiger partial charge < -0.3 is 0 Å². The molecule has 9 heteroatoms. The third-order valence-electron chi connectivity index (χ3n) is 5.79. The molecule has 0 amide bonds. The number of rotatable bonds is 4. The van der Waals surface area contributed by atoms with Crippen molar-refractivity contribution >= 4 is 17.4 Å². The van der Waals surface area contributed by atoms with Crippen LogP contribution < -0.4 is 4.90 Å². The lowest BCUT2D eigenvalue weighted by molar-refractivity contribution is -0.270. The van der Waals surface area contributed by atoms with Gasteiger partial charge in [-0.05, 0) is 30.5 Å². The van der Waals surface area contributed by atoms with Crippen LogP contribution in [0.2, 0.25) is 0 Å². The molecule has 0 spiro atoms. The van der Waals surface area contributed by atoms with E-state index >= 15 is 0 Å². The monoisotopic (exact) mass is 489 g/mol. The van der Waals surface area contributed by atoms with Gasteiger partial charge in [-0.2, -0.15) is 26.3 Å². The Labute approximate surface area is 198 Å². The Kier molecular flexibility index (Phi) is 6.21. The van der Waals surface area contributed by atoms with Crippen molar-refractivity contribution in [1.29, 1.82) is 0 Å². The van der Waals surface area contributed by atoms with Gasteiger partial charge in [-0.1, -0.05) is 78.9 Å². The number of para-hydroxylation sites is 1. The molecule has 0 saturated carbocycles. The first-order valence-electron chi connectivity index (χ1n) is 10.7. The number of aliphatic imine (C=N–C) groups is 2. The molecule has 0 bridgehead atoms. The van der Waals surface area contributed by atoms with Gasteiger partial charge in [0.05, 0.1) is 12.2 Å². The summed E-state index contributed by atoms with van der Waals surface area (Å²) in [6.07, 6.45) is -11.6. The summed E-state index contributed by atoms with van der Waals surface area (Å²) in [5.41, 5.74) is -2.81. The molecule has 1 aliphatic rings. The molecule has 0 aromatic heterocycles. The summed E-state index contributed by atoms with van der Waals surface area (Å²) in [5.74, 6) is -1.69. The number of alkyl halides is 6. The lowest BCUT2D eigenvalue weighted by Crippen LogP contribution is -2.62. The lowest BCUT2D eigenvalue weighted by Gasteiger charge is -2.34. The summed E-state index contributed by atoms with van der Waals surface area (Å²) in [5, 5.41) is 0. The van der Waals surface area contributed by atoms with Gasteiger partial charge in [0.1, 0.15) is 5.84 Å². The van der Waals surface area contributed by atoms with Gasteiger partial charge in [0, 0.05) is 5.56 Å². The Hall–Kier alpha value is -3.62. The second-order valence-corrected chi connectivity index (χ2v) is 8.21. The quantitative estimate of drug-likeness (QED) is 0.362. The maximum Gasteiger partial charge on any atom is 0.430 e. The number of amidine groups is 2. The maximum atomic E-state index is 14.5. The van der Waals surface area contributed by atoms with Crippen LogP contribution in [0.25, 0.3) is 0 Å². The number of benzene rings is 3. The fraction of sp³-hybridized carbons (Fsp3) is 0.231. The molecule has 1 aliphatic heterocycles. The van der Waals surface area contributed by atoms with Gasteiger partial charge in [0.15, 0.2) is 5.84 Å². The highest BCUT2D eigenvalue weighted by Crippen LogP contribution is 2.52. The van der Waals surface area contributed by atoms with Crippen molar-refractivity contribution in [1.82, 2.24) is 0 Å². The fourth-order valence-electron chi connectivity index (χ4n) is 4.15. The summed E-state index contributed by atoms with van der Waals surface area (Å²) in [7, 11) is 0. The zero-order valence-electron chi connectivity index (χ0n) is 18.8. The van der Waals surface area contributed by atoms with Crippen molar-refractivity contribution in [2.45, 2.75) is 38.3 Å². The molecule has 0 fully saturated rings. The predicted molar refractivity (Wildman–Crippen MR) is 124 cm³/mol. The van der Waals surface area contributed by atoms with Gasteiger partial charge >= 0.3 is 17.9 Å². The third-order valence-corrected chi connectivity index (χ3v) is 5.79. The maximum absolute atomic E-state index is 14.5. The Morgan fingerprint density at radius 2 is 1.26 bits per heavy atom. The lowest BCUT2D eigenvalue weighted by atomic mass is 9.96. The average molecular weight is 489 g/mol. The number of hydrogen-bond donors (Lipinski definition) is 0. The molecule has 0 atom stereocenters. The molecular weight excluding hydrogens is 468 g/mol. The molecule has 1 heterocycles. The predicted octanol–water partition coefficient (Wildman–Crippen LogP) is 7.03. The highest BCUT2D eigenvalue weighted by molar-refractivity contribution is 6.32. The number of hydrogen-bond acceptors (Lipinski definition) is 2. The highest BCUT2D eigenvalue weighted by Gasteiger charge is 2.78. The van der Waals surface area contributed by atoms with Crippen LogP contribution in [0, 0.1) is 13.8 Å². The van der Waals surface area contributed by atoms with E-state index in [2.05, 4.69) is 9.98 Å². The molecule has 3 nitrogen and oxygen atoms in total. The van der Waals surface area contributed by atoms with E-state index < -0.39 is 29.6 Å². The summed E-state index contributed by atoms with van der Waals surface area (Å²) >= 11 is 0. The minimum atomic E-state index is -5.80. The van der Waals surface area contributed by atoms with Crippen molar-refractivity contribution < 1.29 is 26.3 Å². The molecule has 0 unspecified atom stereocenters. The molecule has 0 aliphatic carbocycles. The first-order valence-corrected chi connectivity index (χ1v) is 10.7. The second kappa shape index (κ2) is 8.87. The third kappa shape index (κ3) is 4.19. The summed E-state index contributed by atoms with van der Waals surface area (Å²) in [4.78, 5) is 8.33. The molecule has 3 aromatic carbocycles. The van der Waals surface area contributed by atoms with E-state index in [1.807, 2.05) is 0 Å². The van der Waals surface area contributed by atoms with Crippen LogP contribution in [0.4, 0.5) is 32.0 Å². The first kappa shape index (κ1) is 24.5. The Balaban J connectivity index is 2.07. The zero-order chi connectivity index (χ0) is 25.4. The van der Waals surface area contributed by atoms with Crippen molar-refractivity contribution in [3.8, 4) is 0 Å². The standard InChI is InChI=1S/C26H21F6N3/c1-17-10-9-11-18(2)21(17)35-22(20-14-7-4-8-15-20)34-24(25(27,28)29,26(30,31)32)23(35)33-16-19-12-5-3-6-13-19/h3-15H,16H2,1-2H3.